The zero-order valence-corrected chi connectivity index (χ0v) is 17.3. The molecule has 2 N–H and O–H groups in total. The predicted octanol–water partition coefficient (Wildman–Crippen LogP) is 4.07. The molecule has 6 nitrogen and oxygen atoms in total. The molecule has 0 bridgehead atoms. The van der Waals surface area contributed by atoms with E-state index in [2.05, 4.69) is 72.3 Å². The molecule has 0 radical (unpaired) electrons. The molecule has 0 unspecified atom stereocenters. The van der Waals surface area contributed by atoms with E-state index in [1.165, 1.54) is 5.69 Å². The monoisotopic (exact) mass is 369 g/mol. The number of amides is 1. The van der Waals surface area contributed by atoms with E-state index in [0.29, 0.717) is 24.1 Å². The van der Waals surface area contributed by atoms with Crippen molar-refractivity contribution in [2.45, 2.75) is 41.5 Å². The Morgan fingerprint density at radius 3 is 2.41 bits per heavy atom. The maximum atomic E-state index is 12.3. The van der Waals surface area contributed by atoms with Gasteiger partial charge in [0.05, 0.1) is 0 Å². The van der Waals surface area contributed by atoms with Crippen molar-refractivity contribution in [1.82, 2.24) is 15.3 Å². The standard InChI is InChI=1S/C21H31N5O/c1-7-26(8-2)17-9-10-18(15(5)11-17)24-21-23-16(6)12-19(25-21)20(27)22-13-14(3)4/h9-12,14H,7-8,13H2,1-6H3,(H,22,27)(H,23,24,25). The van der Waals surface area contributed by atoms with Crippen molar-refractivity contribution < 1.29 is 4.79 Å². The van der Waals surface area contributed by atoms with Crippen LogP contribution in [0, 0.1) is 19.8 Å². The van der Waals surface area contributed by atoms with Crippen molar-refractivity contribution in [3.8, 4) is 0 Å². The molecule has 1 heterocycles. The van der Waals surface area contributed by atoms with Gasteiger partial charge in [-0.15, -0.1) is 0 Å². The third kappa shape index (κ3) is 5.67. The Labute approximate surface area is 162 Å². The van der Waals surface area contributed by atoms with Crippen LogP contribution >= 0.6 is 0 Å². The van der Waals surface area contributed by atoms with E-state index in [-0.39, 0.29) is 5.91 Å². The summed E-state index contributed by atoms with van der Waals surface area (Å²) in [5.74, 6) is 0.649. The van der Waals surface area contributed by atoms with Gasteiger partial charge in [-0.1, -0.05) is 13.8 Å². The molecule has 1 aromatic carbocycles. The average Bonchev–Trinajstić information content (AvgIpc) is 2.62. The maximum absolute atomic E-state index is 12.3. The van der Waals surface area contributed by atoms with Gasteiger partial charge in [0, 0.05) is 36.7 Å². The number of nitrogens with one attached hydrogen (secondary N) is 2. The number of hydrogen-bond donors (Lipinski definition) is 2. The fourth-order valence-electron chi connectivity index (χ4n) is 2.82. The first-order valence-corrected chi connectivity index (χ1v) is 9.60. The number of anilines is 3. The third-order valence-corrected chi connectivity index (χ3v) is 4.34. The van der Waals surface area contributed by atoms with Crippen LogP contribution in [0.1, 0.15) is 49.4 Å². The van der Waals surface area contributed by atoms with Gasteiger partial charge >= 0.3 is 0 Å². The highest BCUT2D eigenvalue weighted by molar-refractivity contribution is 5.92. The van der Waals surface area contributed by atoms with Gasteiger partial charge in [0.2, 0.25) is 5.95 Å². The van der Waals surface area contributed by atoms with Crippen LogP contribution in [0.25, 0.3) is 0 Å². The molecule has 1 aromatic heterocycles. The van der Waals surface area contributed by atoms with Crippen LogP contribution in [0.4, 0.5) is 17.3 Å². The first-order valence-electron chi connectivity index (χ1n) is 9.60. The number of hydrogen-bond acceptors (Lipinski definition) is 5. The highest BCUT2D eigenvalue weighted by Crippen LogP contribution is 2.24. The molecule has 6 heteroatoms. The van der Waals surface area contributed by atoms with E-state index in [9.17, 15) is 4.79 Å². The summed E-state index contributed by atoms with van der Waals surface area (Å²) < 4.78 is 0. The molecule has 0 saturated carbocycles. The van der Waals surface area contributed by atoms with Crippen LogP contribution in [0.15, 0.2) is 24.3 Å². The van der Waals surface area contributed by atoms with Gasteiger partial charge < -0.3 is 15.5 Å². The van der Waals surface area contributed by atoms with Gasteiger partial charge in [0.25, 0.3) is 5.91 Å². The van der Waals surface area contributed by atoms with E-state index in [0.717, 1.165) is 30.0 Å². The maximum Gasteiger partial charge on any atom is 0.270 e. The topological polar surface area (TPSA) is 70.2 Å². The van der Waals surface area contributed by atoms with Crippen LogP contribution in [0.3, 0.4) is 0 Å². The minimum Gasteiger partial charge on any atom is -0.372 e. The summed E-state index contributed by atoms with van der Waals surface area (Å²) in [6, 6.07) is 7.99. The van der Waals surface area contributed by atoms with Crippen LogP contribution in [0.2, 0.25) is 0 Å². The van der Waals surface area contributed by atoms with Crippen molar-refractivity contribution in [3.63, 3.8) is 0 Å². The van der Waals surface area contributed by atoms with Crippen LogP contribution in [0.5, 0.6) is 0 Å². The fraction of sp³-hybridized carbons (Fsp3) is 0.476. The summed E-state index contributed by atoms with van der Waals surface area (Å²) in [5.41, 5.74) is 4.37. The molecule has 0 atom stereocenters. The SMILES string of the molecule is CCN(CC)c1ccc(Nc2nc(C)cc(C(=O)NCC(C)C)n2)c(C)c1. The number of carbonyl (C=O) groups excluding carboxylic acids is 1. The minimum absolute atomic E-state index is 0.175. The first-order chi connectivity index (χ1) is 12.8. The second kappa shape index (κ2) is 9.35. The van der Waals surface area contributed by atoms with Gasteiger partial charge in [-0.05, 0) is 63.4 Å². The number of rotatable bonds is 8. The van der Waals surface area contributed by atoms with Gasteiger partial charge in [-0.3, -0.25) is 4.79 Å². The summed E-state index contributed by atoms with van der Waals surface area (Å²) in [6.45, 7) is 14.9. The van der Waals surface area contributed by atoms with E-state index >= 15 is 0 Å². The minimum atomic E-state index is -0.175. The molecule has 0 aliphatic rings. The second-order valence-corrected chi connectivity index (χ2v) is 7.12. The van der Waals surface area contributed by atoms with Crippen molar-refractivity contribution in [3.05, 3.63) is 41.2 Å². The lowest BCUT2D eigenvalue weighted by Gasteiger charge is -2.22. The molecule has 146 valence electrons. The van der Waals surface area contributed by atoms with Gasteiger partial charge in [0.15, 0.2) is 0 Å². The smallest absolute Gasteiger partial charge is 0.270 e. The molecule has 1 amide bonds. The molecule has 0 aliphatic heterocycles. The van der Waals surface area contributed by atoms with Crippen molar-refractivity contribution in [2.24, 2.45) is 5.92 Å². The van der Waals surface area contributed by atoms with Crippen LogP contribution < -0.4 is 15.5 Å². The average molecular weight is 370 g/mol. The zero-order chi connectivity index (χ0) is 20.0. The number of carbonyl (C=O) groups is 1. The van der Waals surface area contributed by atoms with E-state index in [1.54, 1.807) is 6.07 Å². The number of nitrogens with zero attached hydrogens (tertiary/aromatic N) is 3. The summed E-state index contributed by atoms with van der Waals surface area (Å²) in [6.07, 6.45) is 0. The number of benzene rings is 1. The summed E-state index contributed by atoms with van der Waals surface area (Å²) in [4.78, 5) is 23.4. The Hall–Kier alpha value is -2.63. The molecule has 2 rings (SSSR count). The summed E-state index contributed by atoms with van der Waals surface area (Å²) in [5, 5.41) is 6.15. The van der Waals surface area contributed by atoms with E-state index in [1.807, 2.05) is 13.0 Å². The summed E-state index contributed by atoms with van der Waals surface area (Å²) in [7, 11) is 0. The Morgan fingerprint density at radius 2 is 1.81 bits per heavy atom. The second-order valence-electron chi connectivity index (χ2n) is 7.12. The highest BCUT2D eigenvalue weighted by atomic mass is 16.1. The lowest BCUT2D eigenvalue weighted by molar-refractivity contribution is 0.0944. The molecule has 2 aromatic rings. The first kappa shape index (κ1) is 20.7. The highest BCUT2D eigenvalue weighted by Gasteiger charge is 2.12. The fourth-order valence-corrected chi connectivity index (χ4v) is 2.82. The molecule has 0 saturated heterocycles. The zero-order valence-electron chi connectivity index (χ0n) is 17.3. The third-order valence-electron chi connectivity index (χ3n) is 4.34. The molecular formula is C21H31N5O. The largest absolute Gasteiger partial charge is 0.372 e. The van der Waals surface area contributed by atoms with E-state index in [4.69, 9.17) is 0 Å². The predicted molar refractivity (Wildman–Crippen MR) is 112 cm³/mol. The molecule has 0 fully saturated rings. The molecule has 27 heavy (non-hydrogen) atoms. The van der Waals surface area contributed by atoms with E-state index < -0.39 is 0 Å². The summed E-state index contributed by atoms with van der Waals surface area (Å²) >= 11 is 0. The quantitative estimate of drug-likeness (QED) is 0.734. The van der Waals surface area contributed by atoms with Crippen molar-refractivity contribution in [2.75, 3.05) is 29.9 Å². The van der Waals surface area contributed by atoms with Gasteiger partial charge in [-0.25, -0.2) is 9.97 Å². The Balaban J connectivity index is 2.21. The Kier molecular flexibility index (Phi) is 7.16. The molecule has 0 spiro atoms. The normalized spacial score (nSPS) is 10.8. The Bertz CT molecular complexity index is 784. The van der Waals surface area contributed by atoms with Crippen LogP contribution in [-0.2, 0) is 0 Å². The lowest BCUT2D eigenvalue weighted by atomic mass is 10.1. The van der Waals surface area contributed by atoms with Gasteiger partial charge in [-0.2, -0.15) is 0 Å². The van der Waals surface area contributed by atoms with Crippen LogP contribution in [-0.4, -0.2) is 35.5 Å². The molecule has 0 aliphatic carbocycles. The number of aromatic nitrogens is 2. The molecular weight excluding hydrogens is 338 g/mol. The van der Waals surface area contributed by atoms with Gasteiger partial charge in [0.1, 0.15) is 5.69 Å². The van der Waals surface area contributed by atoms with Crippen molar-refractivity contribution in [1.29, 1.82) is 0 Å². The lowest BCUT2D eigenvalue weighted by Crippen LogP contribution is -2.28. The number of aryl methyl sites for hydroxylation is 2. The van der Waals surface area contributed by atoms with Crippen molar-refractivity contribution >= 4 is 23.2 Å². The Morgan fingerprint density at radius 1 is 1.11 bits per heavy atom.